The van der Waals surface area contributed by atoms with Gasteiger partial charge in [-0.25, -0.2) is 0 Å². The Morgan fingerprint density at radius 3 is 2.90 bits per heavy atom. The molecular weight excluding hydrogens is 308 g/mol. The maximum Gasteiger partial charge on any atom is 0.263 e. The molecule has 1 heterocycles. The molecule has 0 saturated heterocycles. The number of aliphatic hydroxyl groups is 1. The van der Waals surface area contributed by atoms with Gasteiger partial charge >= 0.3 is 0 Å². The van der Waals surface area contributed by atoms with Crippen LogP contribution in [0.5, 0.6) is 0 Å². The molecule has 2 aromatic rings. The molecule has 1 aromatic heterocycles. The number of carbonyl (C=O) groups excluding carboxylic acids is 1. The minimum Gasteiger partial charge on any atom is -0.397 e. The first-order valence-electron chi connectivity index (χ1n) is 6.91. The minimum atomic E-state index is -0.144. The van der Waals surface area contributed by atoms with Crippen LogP contribution in [0.25, 0.3) is 10.1 Å². The number of nitrogens with one attached hydrogen (secondary N) is 1. The molecule has 1 fully saturated rings. The number of benzene rings is 1. The summed E-state index contributed by atoms with van der Waals surface area (Å²) in [4.78, 5) is 12.9. The van der Waals surface area contributed by atoms with Gasteiger partial charge in [-0.15, -0.1) is 11.3 Å². The molecule has 0 radical (unpaired) electrons. The number of halogens is 1. The summed E-state index contributed by atoms with van der Waals surface area (Å²) in [7, 11) is 0. The van der Waals surface area contributed by atoms with Gasteiger partial charge in [-0.05, 0) is 42.9 Å². The van der Waals surface area contributed by atoms with Crippen molar-refractivity contribution in [2.75, 3.05) is 18.9 Å². The largest absolute Gasteiger partial charge is 0.397 e. The molecule has 1 saturated carbocycles. The van der Waals surface area contributed by atoms with E-state index in [0.29, 0.717) is 22.1 Å². The molecule has 1 amide bonds. The van der Waals surface area contributed by atoms with E-state index < -0.39 is 0 Å². The summed E-state index contributed by atoms with van der Waals surface area (Å²) in [6.07, 6.45) is 2.86. The molecule has 0 atom stereocenters. The van der Waals surface area contributed by atoms with Crippen molar-refractivity contribution < 1.29 is 9.90 Å². The smallest absolute Gasteiger partial charge is 0.263 e. The number of anilines is 1. The highest BCUT2D eigenvalue weighted by molar-refractivity contribution is 7.21. The second-order valence-corrected chi connectivity index (χ2v) is 7.13. The molecule has 0 aliphatic heterocycles. The molecule has 6 heteroatoms. The van der Waals surface area contributed by atoms with Crippen molar-refractivity contribution in [3.05, 3.63) is 28.1 Å². The third-order valence-electron chi connectivity index (χ3n) is 4.12. The van der Waals surface area contributed by atoms with Crippen LogP contribution < -0.4 is 11.1 Å². The summed E-state index contributed by atoms with van der Waals surface area (Å²) in [5.41, 5.74) is 6.66. The average molecular weight is 325 g/mol. The summed E-state index contributed by atoms with van der Waals surface area (Å²) in [5.74, 6) is -0.144. The number of amides is 1. The fourth-order valence-corrected chi connectivity index (χ4v) is 3.73. The predicted molar refractivity (Wildman–Crippen MR) is 87.0 cm³/mol. The minimum absolute atomic E-state index is 0.0964. The maximum absolute atomic E-state index is 12.3. The lowest BCUT2D eigenvalue weighted by Crippen LogP contribution is -2.30. The number of fused-ring (bicyclic) bond motifs is 1. The van der Waals surface area contributed by atoms with Gasteiger partial charge < -0.3 is 16.2 Å². The monoisotopic (exact) mass is 324 g/mol. The van der Waals surface area contributed by atoms with Crippen molar-refractivity contribution in [2.45, 2.75) is 19.3 Å². The maximum atomic E-state index is 12.3. The first kappa shape index (κ1) is 14.6. The van der Waals surface area contributed by atoms with Crippen LogP contribution in [0.1, 0.15) is 28.9 Å². The zero-order valence-corrected chi connectivity index (χ0v) is 13.1. The van der Waals surface area contributed by atoms with Gasteiger partial charge in [-0.1, -0.05) is 11.6 Å². The van der Waals surface area contributed by atoms with Gasteiger partial charge in [-0.3, -0.25) is 4.79 Å². The fraction of sp³-hybridized carbons (Fsp3) is 0.400. The van der Waals surface area contributed by atoms with E-state index in [2.05, 4.69) is 5.32 Å². The molecule has 0 unspecified atom stereocenters. The number of hydrogen-bond acceptors (Lipinski definition) is 4. The van der Waals surface area contributed by atoms with E-state index in [4.69, 9.17) is 22.4 Å². The fourth-order valence-electron chi connectivity index (χ4n) is 2.53. The number of rotatable bonds is 5. The summed E-state index contributed by atoms with van der Waals surface area (Å²) in [6.45, 7) is 0.764. The van der Waals surface area contributed by atoms with Crippen molar-refractivity contribution >= 4 is 44.6 Å². The summed E-state index contributed by atoms with van der Waals surface area (Å²) >= 11 is 7.35. The molecule has 3 rings (SSSR count). The molecule has 0 spiro atoms. The van der Waals surface area contributed by atoms with Crippen molar-refractivity contribution in [1.82, 2.24) is 5.32 Å². The third kappa shape index (κ3) is 2.86. The number of hydrogen-bond donors (Lipinski definition) is 3. The van der Waals surface area contributed by atoms with Crippen LogP contribution in [0, 0.1) is 5.41 Å². The zero-order chi connectivity index (χ0) is 15.0. The van der Waals surface area contributed by atoms with Gasteiger partial charge in [0.1, 0.15) is 4.88 Å². The Kier molecular flexibility index (Phi) is 3.82. The first-order chi connectivity index (χ1) is 10.0. The van der Waals surface area contributed by atoms with Gasteiger partial charge in [0, 0.05) is 28.3 Å². The van der Waals surface area contributed by atoms with Crippen LogP contribution in [-0.4, -0.2) is 24.2 Å². The van der Waals surface area contributed by atoms with Crippen LogP contribution in [0.4, 0.5) is 5.69 Å². The molecule has 112 valence electrons. The normalized spacial score (nSPS) is 16.1. The number of nitrogen functional groups attached to an aromatic ring is 1. The lowest BCUT2D eigenvalue weighted by Gasteiger charge is -2.14. The lowest BCUT2D eigenvalue weighted by molar-refractivity contribution is 0.0945. The second-order valence-electron chi connectivity index (χ2n) is 5.64. The van der Waals surface area contributed by atoms with E-state index in [1.807, 2.05) is 6.07 Å². The highest BCUT2D eigenvalue weighted by atomic mass is 35.5. The van der Waals surface area contributed by atoms with E-state index in [1.54, 1.807) is 12.1 Å². The van der Waals surface area contributed by atoms with E-state index >= 15 is 0 Å². The Hall–Kier alpha value is -1.30. The Balaban J connectivity index is 1.77. The Labute approximate surface area is 131 Å². The molecule has 4 nitrogen and oxygen atoms in total. The summed E-state index contributed by atoms with van der Waals surface area (Å²) in [5, 5.41) is 13.4. The molecule has 1 aromatic carbocycles. The van der Waals surface area contributed by atoms with Gasteiger partial charge in [0.25, 0.3) is 5.91 Å². The standard InChI is InChI=1S/C15H17ClN2O2S/c16-9-1-2-11-10(7-9)12(17)13(21-11)14(20)18-8-15(3-4-15)5-6-19/h1-2,7,19H,3-6,8,17H2,(H,18,20). The van der Waals surface area contributed by atoms with E-state index in [9.17, 15) is 4.79 Å². The van der Waals surface area contributed by atoms with Gasteiger partial charge in [0.2, 0.25) is 0 Å². The quantitative estimate of drug-likeness (QED) is 0.791. The van der Waals surface area contributed by atoms with E-state index in [-0.39, 0.29) is 17.9 Å². The van der Waals surface area contributed by atoms with E-state index in [1.165, 1.54) is 11.3 Å². The molecule has 0 bridgehead atoms. The van der Waals surface area contributed by atoms with Gasteiger partial charge in [0.15, 0.2) is 0 Å². The predicted octanol–water partition coefficient (Wildman–Crippen LogP) is 3.03. The SMILES string of the molecule is Nc1c(C(=O)NCC2(CCO)CC2)sc2ccc(Cl)cc12. The topological polar surface area (TPSA) is 75.4 Å². The Morgan fingerprint density at radius 1 is 1.48 bits per heavy atom. The Bertz CT molecular complexity index is 694. The van der Waals surface area contributed by atoms with Crippen molar-refractivity contribution in [3.8, 4) is 0 Å². The molecule has 1 aliphatic rings. The van der Waals surface area contributed by atoms with Crippen LogP contribution in [0.15, 0.2) is 18.2 Å². The van der Waals surface area contributed by atoms with Crippen LogP contribution in [0.2, 0.25) is 5.02 Å². The number of aliphatic hydroxyl groups excluding tert-OH is 1. The third-order valence-corrected chi connectivity index (χ3v) is 5.54. The number of nitrogens with two attached hydrogens (primary N) is 1. The molecular formula is C15H17ClN2O2S. The van der Waals surface area contributed by atoms with Crippen LogP contribution in [0.3, 0.4) is 0 Å². The molecule has 1 aliphatic carbocycles. The van der Waals surface area contributed by atoms with Crippen molar-refractivity contribution in [2.24, 2.45) is 5.41 Å². The van der Waals surface area contributed by atoms with Gasteiger partial charge in [0.05, 0.1) is 5.69 Å². The zero-order valence-electron chi connectivity index (χ0n) is 11.5. The van der Waals surface area contributed by atoms with Crippen LogP contribution >= 0.6 is 22.9 Å². The number of carbonyl (C=O) groups is 1. The van der Waals surface area contributed by atoms with Gasteiger partial charge in [-0.2, -0.15) is 0 Å². The number of thiophene rings is 1. The molecule has 4 N–H and O–H groups in total. The molecule has 21 heavy (non-hydrogen) atoms. The van der Waals surface area contributed by atoms with Crippen molar-refractivity contribution in [1.29, 1.82) is 0 Å². The Morgan fingerprint density at radius 2 is 2.24 bits per heavy atom. The van der Waals surface area contributed by atoms with Crippen molar-refractivity contribution in [3.63, 3.8) is 0 Å². The summed E-state index contributed by atoms with van der Waals surface area (Å²) in [6, 6.07) is 5.46. The average Bonchev–Trinajstić information content (AvgIpc) is 3.16. The summed E-state index contributed by atoms with van der Waals surface area (Å²) < 4.78 is 0.957. The highest BCUT2D eigenvalue weighted by Gasteiger charge is 2.42. The van der Waals surface area contributed by atoms with Crippen LogP contribution in [-0.2, 0) is 0 Å². The van der Waals surface area contributed by atoms with E-state index in [0.717, 1.165) is 29.3 Å². The lowest BCUT2D eigenvalue weighted by atomic mass is 10.0. The first-order valence-corrected chi connectivity index (χ1v) is 8.11. The second kappa shape index (κ2) is 5.48. The highest BCUT2D eigenvalue weighted by Crippen LogP contribution is 2.48.